The fraction of sp³-hybridized carbons (Fsp3) is 0.536. The van der Waals surface area contributed by atoms with Gasteiger partial charge in [0, 0.05) is 38.2 Å². The number of nitrogens with zero attached hydrogens (tertiary/aromatic N) is 1. The van der Waals surface area contributed by atoms with Gasteiger partial charge in [0.05, 0.1) is 6.61 Å². The van der Waals surface area contributed by atoms with Crippen LogP contribution in [0.3, 0.4) is 0 Å². The maximum absolute atomic E-state index is 12.9. The molecule has 0 aliphatic heterocycles. The van der Waals surface area contributed by atoms with E-state index in [4.69, 9.17) is 0 Å². The monoisotopic (exact) mass is 469 g/mol. The average Bonchev–Trinajstić information content (AvgIpc) is 2.78. The first kappa shape index (κ1) is 27.8. The Balaban J connectivity index is 1.71. The maximum Gasteiger partial charge on any atom is 0.223 e. The summed E-state index contributed by atoms with van der Waals surface area (Å²) in [6.45, 7) is 12.9. The summed E-state index contributed by atoms with van der Waals surface area (Å²) >= 11 is 0. The quantitative estimate of drug-likeness (QED) is 0.319. The zero-order valence-electron chi connectivity index (χ0n) is 21.4. The average molecular weight is 470 g/mol. The Bertz CT molecular complexity index is 893. The number of rotatable bonds is 14. The van der Waals surface area contributed by atoms with E-state index in [1.54, 1.807) is 6.07 Å². The molecule has 0 aromatic heterocycles. The van der Waals surface area contributed by atoms with Gasteiger partial charge in [-0.05, 0) is 61.5 Å². The zero-order chi connectivity index (χ0) is 25.0. The highest BCUT2D eigenvalue weighted by Crippen LogP contribution is 2.18. The van der Waals surface area contributed by atoms with Gasteiger partial charge < -0.3 is 25.7 Å². The van der Waals surface area contributed by atoms with Crippen LogP contribution in [-0.4, -0.2) is 60.3 Å². The second-order valence-corrected chi connectivity index (χ2v) is 10.2. The lowest BCUT2D eigenvalue weighted by Crippen LogP contribution is -2.42. The maximum atomic E-state index is 12.9. The zero-order valence-corrected chi connectivity index (χ0v) is 21.4. The summed E-state index contributed by atoms with van der Waals surface area (Å²) in [6.07, 6.45) is 2.26. The fourth-order valence-electron chi connectivity index (χ4n) is 3.94. The molecule has 0 bridgehead atoms. The lowest BCUT2D eigenvalue weighted by molar-refractivity contribution is -0.132. The number of aromatic hydroxyl groups is 1. The third kappa shape index (κ3) is 10.7. The number of hydrogen-bond donors (Lipinski definition) is 4. The topological polar surface area (TPSA) is 84.8 Å². The number of aryl methyl sites for hydroxylation is 1. The molecular formula is C28H43N3O3. The number of phenols is 1. The molecule has 34 heavy (non-hydrogen) atoms. The standard InChI is InChI=1S/C28H43N3O3/c1-22-6-5-7-23(18-22)10-13-29-15-12-27(34)31(21-28(2,3)4)17-16-30-14-11-24-8-9-26(33)25(19-24)20-32/h5-9,18-19,29-30,32-33H,10-17,20-21H2,1-4H3. The van der Waals surface area contributed by atoms with Gasteiger partial charge in [-0.2, -0.15) is 0 Å². The van der Waals surface area contributed by atoms with Crippen LogP contribution in [0.2, 0.25) is 0 Å². The highest BCUT2D eigenvalue weighted by molar-refractivity contribution is 5.76. The number of carbonyl (C=O) groups is 1. The summed E-state index contributed by atoms with van der Waals surface area (Å²) in [4.78, 5) is 14.9. The van der Waals surface area contributed by atoms with Crippen molar-refractivity contribution in [2.24, 2.45) is 5.41 Å². The van der Waals surface area contributed by atoms with E-state index >= 15 is 0 Å². The Morgan fingerprint density at radius 2 is 1.62 bits per heavy atom. The van der Waals surface area contributed by atoms with E-state index < -0.39 is 0 Å². The molecule has 0 aliphatic carbocycles. The largest absolute Gasteiger partial charge is 0.508 e. The molecule has 0 spiro atoms. The van der Waals surface area contributed by atoms with Gasteiger partial charge in [0.1, 0.15) is 5.75 Å². The number of nitrogens with one attached hydrogen (secondary N) is 2. The first-order chi connectivity index (χ1) is 16.2. The second-order valence-electron chi connectivity index (χ2n) is 10.2. The highest BCUT2D eigenvalue weighted by Gasteiger charge is 2.20. The van der Waals surface area contributed by atoms with Crippen molar-refractivity contribution in [1.29, 1.82) is 0 Å². The highest BCUT2D eigenvalue weighted by atomic mass is 16.3. The smallest absolute Gasteiger partial charge is 0.223 e. The molecule has 0 aliphatic rings. The van der Waals surface area contributed by atoms with E-state index in [-0.39, 0.29) is 23.7 Å². The molecule has 188 valence electrons. The minimum Gasteiger partial charge on any atom is -0.508 e. The van der Waals surface area contributed by atoms with Gasteiger partial charge in [-0.3, -0.25) is 4.79 Å². The van der Waals surface area contributed by atoms with Crippen LogP contribution in [0, 0.1) is 12.3 Å². The number of aliphatic hydroxyl groups excluding tert-OH is 1. The van der Waals surface area contributed by atoms with Crippen molar-refractivity contribution in [3.05, 3.63) is 64.7 Å². The number of amides is 1. The summed E-state index contributed by atoms with van der Waals surface area (Å²) in [7, 11) is 0. The predicted octanol–water partition coefficient (Wildman–Crippen LogP) is 3.42. The summed E-state index contributed by atoms with van der Waals surface area (Å²) in [5, 5.41) is 25.8. The van der Waals surface area contributed by atoms with Gasteiger partial charge in [0.2, 0.25) is 5.91 Å². The molecule has 0 radical (unpaired) electrons. The van der Waals surface area contributed by atoms with Crippen LogP contribution in [0.25, 0.3) is 0 Å². The van der Waals surface area contributed by atoms with Crippen molar-refractivity contribution in [2.75, 3.05) is 39.3 Å². The molecule has 0 atom stereocenters. The van der Waals surface area contributed by atoms with Crippen molar-refractivity contribution in [3.8, 4) is 5.75 Å². The summed E-state index contributed by atoms with van der Waals surface area (Å²) in [6, 6.07) is 13.9. The second kappa shape index (κ2) is 14.1. The Hall–Kier alpha value is -2.41. The van der Waals surface area contributed by atoms with Gasteiger partial charge in [0.25, 0.3) is 0 Å². The number of aliphatic hydroxyl groups is 1. The van der Waals surface area contributed by atoms with Gasteiger partial charge in [0.15, 0.2) is 0 Å². The summed E-state index contributed by atoms with van der Waals surface area (Å²) < 4.78 is 0. The van der Waals surface area contributed by atoms with Crippen molar-refractivity contribution in [1.82, 2.24) is 15.5 Å². The van der Waals surface area contributed by atoms with Crippen LogP contribution in [-0.2, 0) is 24.2 Å². The molecule has 0 saturated heterocycles. The van der Waals surface area contributed by atoms with E-state index in [2.05, 4.69) is 62.6 Å². The normalized spacial score (nSPS) is 11.6. The van der Waals surface area contributed by atoms with Crippen molar-refractivity contribution < 1.29 is 15.0 Å². The SMILES string of the molecule is Cc1cccc(CCNCCC(=O)N(CCNCCc2ccc(O)c(CO)c2)CC(C)(C)C)c1. The molecule has 0 unspecified atom stereocenters. The summed E-state index contributed by atoms with van der Waals surface area (Å²) in [5.41, 5.74) is 4.25. The third-order valence-corrected chi connectivity index (χ3v) is 5.67. The van der Waals surface area contributed by atoms with Crippen molar-refractivity contribution in [3.63, 3.8) is 0 Å². The van der Waals surface area contributed by atoms with Crippen LogP contribution in [0.4, 0.5) is 0 Å². The van der Waals surface area contributed by atoms with Crippen LogP contribution in [0.1, 0.15) is 49.4 Å². The van der Waals surface area contributed by atoms with Crippen molar-refractivity contribution in [2.45, 2.75) is 53.6 Å². The Labute approximate surface area is 205 Å². The predicted molar refractivity (Wildman–Crippen MR) is 139 cm³/mol. The van der Waals surface area contributed by atoms with Gasteiger partial charge in [-0.1, -0.05) is 56.7 Å². The van der Waals surface area contributed by atoms with Crippen LogP contribution in [0.15, 0.2) is 42.5 Å². The number of benzene rings is 2. The molecule has 6 heteroatoms. The Kier molecular flexibility index (Phi) is 11.5. The number of hydrogen-bond acceptors (Lipinski definition) is 5. The van der Waals surface area contributed by atoms with Gasteiger partial charge >= 0.3 is 0 Å². The van der Waals surface area contributed by atoms with E-state index in [1.807, 2.05) is 17.0 Å². The Morgan fingerprint density at radius 3 is 2.26 bits per heavy atom. The third-order valence-electron chi connectivity index (χ3n) is 5.67. The van der Waals surface area contributed by atoms with Gasteiger partial charge in [-0.15, -0.1) is 0 Å². The molecule has 6 nitrogen and oxygen atoms in total. The Morgan fingerprint density at radius 1 is 0.941 bits per heavy atom. The molecule has 0 fully saturated rings. The molecule has 1 amide bonds. The van der Waals surface area contributed by atoms with E-state index in [9.17, 15) is 15.0 Å². The van der Waals surface area contributed by atoms with Crippen LogP contribution >= 0.6 is 0 Å². The van der Waals surface area contributed by atoms with E-state index in [0.717, 1.165) is 44.6 Å². The molecule has 0 saturated carbocycles. The summed E-state index contributed by atoms with van der Waals surface area (Å²) in [5.74, 6) is 0.311. The van der Waals surface area contributed by atoms with Crippen LogP contribution in [0.5, 0.6) is 5.75 Å². The lowest BCUT2D eigenvalue weighted by atomic mass is 9.96. The van der Waals surface area contributed by atoms with E-state index in [0.29, 0.717) is 25.1 Å². The van der Waals surface area contributed by atoms with E-state index in [1.165, 1.54) is 11.1 Å². The minimum absolute atomic E-state index is 0.0427. The fourth-order valence-corrected chi connectivity index (χ4v) is 3.94. The van der Waals surface area contributed by atoms with Crippen molar-refractivity contribution >= 4 is 5.91 Å². The minimum atomic E-state index is -0.169. The molecular weight excluding hydrogens is 426 g/mol. The first-order valence-electron chi connectivity index (χ1n) is 12.3. The molecule has 2 rings (SSSR count). The van der Waals surface area contributed by atoms with Crippen LogP contribution < -0.4 is 10.6 Å². The lowest BCUT2D eigenvalue weighted by Gasteiger charge is -2.30. The first-order valence-corrected chi connectivity index (χ1v) is 12.3. The molecule has 0 heterocycles. The molecule has 4 N–H and O–H groups in total. The molecule has 2 aromatic rings. The number of carbonyl (C=O) groups excluding carboxylic acids is 1. The van der Waals surface area contributed by atoms with Gasteiger partial charge in [-0.25, -0.2) is 0 Å². The molecule has 2 aromatic carbocycles.